The molecule has 5 heteroatoms. The molecule has 0 radical (unpaired) electrons. The molecule has 1 amide bonds. The van der Waals surface area contributed by atoms with Crippen molar-refractivity contribution in [2.45, 2.75) is 19.9 Å². The van der Waals surface area contributed by atoms with Gasteiger partial charge in [0.25, 0.3) is 5.91 Å². The maximum Gasteiger partial charge on any atom is 0.272 e. The summed E-state index contributed by atoms with van der Waals surface area (Å²) in [5.74, 6) is -0.216. The number of hydrogen-bond acceptors (Lipinski definition) is 2. The first kappa shape index (κ1) is 14.4. The van der Waals surface area contributed by atoms with E-state index < -0.39 is 0 Å². The quantitative estimate of drug-likeness (QED) is 0.926. The van der Waals surface area contributed by atoms with Crippen LogP contribution in [-0.4, -0.2) is 10.5 Å². The Kier molecular flexibility index (Phi) is 4.59. The summed E-state index contributed by atoms with van der Waals surface area (Å²) in [7, 11) is 0. The Morgan fingerprint density at radius 1 is 1.45 bits per heavy atom. The molecule has 102 valence electrons. The van der Waals surface area contributed by atoms with Crippen LogP contribution in [-0.2, 0) is 6.54 Å². The van der Waals surface area contributed by atoms with Gasteiger partial charge in [-0.05, 0) is 40.5 Å². The van der Waals surface area contributed by atoms with E-state index in [1.54, 1.807) is 30.3 Å². The van der Waals surface area contributed by atoms with Crippen LogP contribution in [0.15, 0.2) is 41.0 Å². The molecule has 2 rings (SSSR count). The summed E-state index contributed by atoms with van der Waals surface area (Å²) in [6.07, 6.45) is 2.82. The van der Waals surface area contributed by atoms with Crippen LogP contribution >= 0.6 is 15.9 Å². The van der Waals surface area contributed by atoms with Gasteiger partial charge >= 0.3 is 0 Å². The van der Waals surface area contributed by atoms with Crippen LogP contribution in [0.25, 0.3) is 0 Å². The van der Waals surface area contributed by atoms with Gasteiger partial charge in [0.2, 0.25) is 0 Å². The van der Waals surface area contributed by atoms with Crippen LogP contribution in [0.4, 0.5) is 5.69 Å². The number of halogens is 1. The number of hydrogen-bond donors (Lipinski definition) is 1. The van der Waals surface area contributed by atoms with Gasteiger partial charge in [-0.15, -0.1) is 0 Å². The van der Waals surface area contributed by atoms with E-state index in [4.69, 9.17) is 5.26 Å². The van der Waals surface area contributed by atoms with Gasteiger partial charge in [0.05, 0.1) is 11.3 Å². The molecule has 1 N–H and O–H groups in total. The molecule has 0 atom stereocenters. The second-order valence-electron chi connectivity index (χ2n) is 4.35. The van der Waals surface area contributed by atoms with Gasteiger partial charge in [-0.1, -0.05) is 19.1 Å². The molecule has 20 heavy (non-hydrogen) atoms. The Hall–Kier alpha value is -2.06. The lowest BCUT2D eigenvalue weighted by molar-refractivity contribution is 0.101. The fourth-order valence-electron chi connectivity index (χ4n) is 1.97. The van der Waals surface area contributed by atoms with Crippen molar-refractivity contribution in [3.8, 4) is 6.07 Å². The number of para-hydroxylation sites is 1. The van der Waals surface area contributed by atoms with E-state index in [2.05, 4.69) is 34.2 Å². The summed E-state index contributed by atoms with van der Waals surface area (Å²) in [6.45, 7) is 2.83. The number of nitriles is 1. The van der Waals surface area contributed by atoms with E-state index in [0.29, 0.717) is 16.9 Å². The largest absolute Gasteiger partial charge is 0.342 e. The van der Waals surface area contributed by atoms with Gasteiger partial charge in [0.15, 0.2) is 0 Å². The van der Waals surface area contributed by atoms with Crippen molar-refractivity contribution < 1.29 is 4.79 Å². The minimum Gasteiger partial charge on any atom is -0.342 e. The van der Waals surface area contributed by atoms with Crippen LogP contribution in [0.1, 0.15) is 29.4 Å². The van der Waals surface area contributed by atoms with Gasteiger partial charge in [0.1, 0.15) is 11.8 Å². The molecule has 4 nitrogen and oxygen atoms in total. The molecule has 0 saturated carbocycles. The molecule has 0 aliphatic carbocycles. The van der Waals surface area contributed by atoms with Crippen molar-refractivity contribution in [3.05, 3.63) is 52.3 Å². The first-order valence-electron chi connectivity index (χ1n) is 6.32. The molecule has 0 fully saturated rings. The summed E-state index contributed by atoms with van der Waals surface area (Å²) in [4.78, 5) is 12.3. The first-order chi connectivity index (χ1) is 9.65. The van der Waals surface area contributed by atoms with Crippen molar-refractivity contribution >= 4 is 27.5 Å². The van der Waals surface area contributed by atoms with Gasteiger partial charge in [-0.3, -0.25) is 4.79 Å². The average molecular weight is 332 g/mol. The highest BCUT2D eigenvalue weighted by atomic mass is 79.9. The molecule has 1 aromatic carbocycles. The number of benzene rings is 1. The highest BCUT2D eigenvalue weighted by Gasteiger charge is 2.14. The minimum atomic E-state index is -0.216. The lowest BCUT2D eigenvalue weighted by atomic mass is 10.2. The van der Waals surface area contributed by atoms with E-state index >= 15 is 0 Å². The van der Waals surface area contributed by atoms with Crippen LogP contribution in [0, 0.1) is 11.3 Å². The maximum atomic E-state index is 12.3. The fraction of sp³-hybridized carbons (Fsp3) is 0.200. The monoisotopic (exact) mass is 331 g/mol. The van der Waals surface area contributed by atoms with E-state index in [1.165, 1.54) is 0 Å². The highest BCUT2D eigenvalue weighted by Crippen LogP contribution is 2.19. The van der Waals surface area contributed by atoms with Gasteiger partial charge in [0, 0.05) is 17.2 Å². The molecular weight excluding hydrogens is 318 g/mol. The number of aromatic nitrogens is 1. The van der Waals surface area contributed by atoms with Gasteiger partial charge in [-0.2, -0.15) is 5.26 Å². The van der Waals surface area contributed by atoms with Crippen molar-refractivity contribution in [1.29, 1.82) is 5.26 Å². The van der Waals surface area contributed by atoms with Gasteiger partial charge < -0.3 is 9.88 Å². The second kappa shape index (κ2) is 6.40. The molecule has 0 unspecified atom stereocenters. The molecule has 0 aliphatic rings. The normalized spacial score (nSPS) is 10.1. The Morgan fingerprint density at radius 2 is 2.20 bits per heavy atom. The standard InChI is InChI=1S/C15H14BrN3O/c1-2-7-19-10-12(16)8-14(19)15(20)18-13-6-4-3-5-11(13)9-17/h3-6,8,10H,2,7H2,1H3,(H,18,20). The lowest BCUT2D eigenvalue weighted by Crippen LogP contribution is -2.17. The van der Waals surface area contributed by atoms with Crippen LogP contribution < -0.4 is 5.32 Å². The lowest BCUT2D eigenvalue weighted by Gasteiger charge is -2.09. The molecule has 0 spiro atoms. The number of carbonyl (C=O) groups excluding carboxylic acids is 1. The van der Waals surface area contributed by atoms with E-state index in [-0.39, 0.29) is 5.91 Å². The third-order valence-electron chi connectivity index (χ3n) is 2.86. The smallest absolute Gasteiger partial charge is 0.272 e. The van der Waals surface area contributed by atoms with Crippen molar-refractivity contribution in [3.63, 3.8) is 0 Å². The van der Waals surface area contributed by atoms with Crippen LogP contribution in [0.2, 0.25) is 0 Å². The number of aryl methyl sites for hydroxylation is 1. The number of rotatable bonds is 4. The van der Waals surface area contributed by atoms with E-state index in [1.807, 2.05) is 10.8 Å². The Bertz CT molecular complexity index is 670. The third kappa shape index (κ3) is 3.09. The Labute approximate surface area is 126 Å². The van der Waals surface area contributed by atoms with E-state index in [0.717, 1.165) is 17.4 Å². The van der Waals surface area contributed by atoms with Crippen LogP contribution in [0.5, 0.6) is 0 Å². The van der Waals surface area contributed by atoms with Crippen molar-refractivity contribution in [2.24, 2.45) is 0 Å². The predicted octanol–water partition coefficient (Wildman–Crippen LogP) is 3.78. The van der Waals surface area contributed by atoms with Crippen LogP contribution in [0.3, 0.4) is 0 Å². The zero-order chi connectivity index (χ0) is 14.5. The Balaban J connectivity index is 2.26. The summed E-state index contributed by atoms with van der Waals surface area (Å²) in [6, 6.07) is 10.8. The second-order valence-corrected chi connectivity index (χ2v) is 5.26. The summed E-state index contributed by atoms with van der Waals surface area (Å²) >= 11 is 3.38. The average Bonchev–Trinajstić information content (AvgIpc) is 2.81. The summed E-state index contributed by atoms with van der Waals surface area (Å²) in [5, 5.41) is 11.8. The number of anilines is 1. The van der Waals surface area contributed by atoms with Gasteiger partial charge in [-0.25, -0.2) is 0 Å². The number of nitrogens with one attached hydrogen (secondary N) is 1. The van der Waals surface area contributed by atoms with Crippen molar-refractivity contribution in [2.75, 3.05) is 5.32 Å². The molecule has 0 aliphatic heterocycles. The minimum absolute atomic E-state index is 0.216. The van der Waals surface area contributed by atoms with E-state index in [9.17, 15) is 4.79 Å². The number of amides is 1. The SMILES string of the molecule is CCCn1cc(Br)cc1C(=O)Nc1ccccc1C#N. The number of carbonyl (C=O) groups is 1. The van der Waals surface area contributed by atoms with Crippen molar-refractivity contribution in [1.82, 2.24) is 4.57 Å². The summed E-state index contributed by atoms with van der Waals surface area (Å²) in [5.41, 5.74) is 1.56. The zero-order valence-corrected chi connectivity index (χ0v) is 12.6. The molecule has 0 saturated heterocycles. The third-order valence-corrected chi connectivity index (χ3v) is 3.29. The maximum absolute atomic E-state index is 12.3. The zero-order valence-electron chi connectivity index (χ0n) is 11.1. The molecule has 0 bridgehead atoms. The molecule has 1 aromatic heterocycles. The predicted molar refractivity (Wildman–Crippen MR) is 81.5 cm³/mol. The molecular formula is C15H14BrN3O. The molecule has 1 heterocycles. The topological polar surface area (TPSA) is 57.8 Å². The fourth-order valence-corrected chi connectivity index (χ4v) is 2.43. The highest BCUT2D eigenvalue weighted by molar-refractivity contribution is 9.10. The first-order valence-corrected chi connectivity index (χ1v) is 7.11. The Morgan fingerprint density at radius 3 is 2.90 bits per heavy atom. The summed E-state index contributed by atoms with van der Waals surface area (Å²) < 4.78 is 2.76. The molecule has 2 aromatic rings. The number of nitrogens with zero attached hydrogens (tertiary/aromatic N) is 2.